The number of amides is 1. The van der Waals surface area contributed by atoms with Gasteiger partial charge in [-0.3, -0.25) is 9.20 Å². The number of anilines is 3. The van der Waals surface area contributed by atoms with Crippen molar-refractivity contribution in [2.45, 2.75) is 6.18 Å². The quantitative estimate of drug-likeness (QED) is 0.473. The molecule has 0 unspecified atom stereocenters. The lowest BCUT2D eigenvalue weighted by atomic mass is 10.1. The van der Waals surface area contributed by atoms with Crippen LogP contribution in [0.15, 0.2) is 72.9 Å². The first-order valence-electron chi connectivity index (χ1n) is 9.07. The Morgan fingerprint density at radius 1 is 1.00 bits per heavy atom. The fourth-order valence-corrected chi connectivity index (χ4v) is 2.97. The molecule has 2 heterocycles. The van der Waals surface area contributed by atoms with Crippen molar-refractivity contribution in [2.24, 2.45) is 0 Å². The molecule has 0 fully saturated rings. The summed E-state index contributed by atoms with van der Waals surface area (Å²) in [5, 5.41) is 14.7. The van der Waals surface area contributed by atoms with E-state index in [1.165, 1.54) is 16.5 Å². The van der Waals surface area contributed by atoms with E-state index in [4.69, 9.17) is 5.26 Å². The van der Waals surface area contributed by atoms with Crippen molar-refractivity contribution < 1.29 is 18.0 Å². The minimum atomic E-state index is -4.53. The lowest BCUT2D eigenvalue weighted by molar-refractivity contribution is -0.140. The van der Waals surface area contributed by atoms with E-state index in [2.05, 4.69) is 15.6 Å². The van der Waals surface area contributed by atoms with Crippen molar-refractivity contribution in [3.05, 3.63) is 89.7 Å². The summed E-state index contributed by atoms with van der Waals surface area (Å²) >= 11 is 0. The van der Waals surface area contributed by atoms with Gasteiger partial charge in [-0.05, 0) is 54.6 Å². The Bertz CT molecular complexity index is 1300. The summed E-state index contributed by atoms with van der Waals surface area (Å²) in [7, 11) is 0. The number of hydrogen-bond donors (Lipinski definition) is 2. The molecule has 0 bridgehead atoms. The monoisotopic (exact) mass is 421 g/mol. The summed E-state index contributed by atoms with van der Waals surface area (Å²) in [6.07, 6.45) is -3.60. The molecule has 154 valence electrons. The van der Waals surface area contributed by atoms with Gasteiger partial charge < -0.3 is 10.6 Å². The number of imidazole rings is 1. The zero-order chi connectivity index (χ0) is 22.0. The number of aromatic nitrogens is 2. The molecule has 0 radical (unpaired) electrons. The predicted molar refractivity (Wildman–Crippen MR) is 109 cm³/mol. The SMILES string of the molecule is N#Cc1cccc(C(=O)Nc2ccc(Nc3cccc4nc(C(F)(F)F)cn34)cc2)c1. The van der Waals surface area contributed by atoms with E-state index in [1.54, 1.807) is 54.6 Å². The highest BCUT2D eigenvalue weighted by atomic mass is 19.4. The lowest BCUT2D eigenvalue weighted by Gasteiger charge is -2.10. The topological polar surface area (TPSA) is 82.2 Å². The minimum absolute atomic E-state index is 0.167. The number of rotatable bonds is 4. The highest BCUT2D eigenvalue weighted by molar-refractivity contribution is 6.04. The Labute approximate surface area is 174 Å². The Hall–Kier alpha value is -4.32. The van der Waals surface area contributed by atoms with E-state index in [0.717, 1.165) is 6.20 Å². The van der Waals surface area contributed by atoms with Crippen LogP contribution in [0.5, 0.6) is 0 Å². The van der Waals surface area contributed by atoms with E-state index < -0.39 is 11.9 Å². The molecule has 4 aromatic rings. The van der Waals surface area contributed by atoms with Crippen LogP contribution in [-0.4, -0.2) is 15.3 Å². The fraction of sp³-hybridized carbons (Fsp3) is 0.0455. The highest BCUT2D eigenvalue weighted by Gasteiger charge is 2.34. The summed E-state index contributed by atoms with van der Waals surface area (Å²) in [5.74, 6) is 0.0475. The molecule has 2 aromatic carbocycles. The fourth-order valence-electron chi connectivity index (χ4n) is 2.97. The Morgan fingerprint density at radius 2 is 1.71 bits per heavy atom. The van der Waals surface area contributed by atoms with Gasteiger partial charge in [0.2, 0.25) is 0 Å². The van der Waals surface area contributed by atoms with Crippen LogP contribution in [0.25, 0.3) is 5.65 Å². The molecule has 0 atom stereocenters. The Morgan fingerprint density at radius 3 is 2.42 bits per heavy atom. The van der Waals surface area contributed by atoms with E-state index in [1.807, 2.05) is 6.07 Å². The van der Waals surface area contributed by atoms with Gasteiger partial charge in [0.25, 0.3) is 5.91 Å². The minimum Gasteiger partial charge on any atom is -0.341 e. The van der Waals surface area contributed by atoms with Gasteiger partial charge in [-0.2, -0.15) is 18.4 Å². The number of nitrogens with zero attached hydrogens (tertiary/aromatic N) is 3. The highest BCUT2D eigenvalue weighted by Crippen LogP contribution is 2.30. The summed E-state index contributed by atoms with van der Waals surface area (Å²) in [6, 6.07) is 19.7. The molecular formula is C22H14F3N5O. The van der Waals surface area contributed by atoms with Crippen LogP contribution in [0.4, 0.5) is 30.4 Å². The van der Waals surface area contributed by atoms with Gasteiger partial charge in [0.05, 0.1) is 11.6 Å². The standard InChI is InChI=1S/C22H14F3N5O/c23-22(24,25)18-13-30-19(5-2-6-20(30)29-18)27-16-7-9-17(10-8-16)28-21(31)15-4-1-3-14(11-15)12-26/h1-11,13,27H,(H,28,31). The number of fused-ring (bicyclic) bond motifs is 1. The van der Waals surface area contributed by atoms with E-state index in [9.17, 15) is 18.0 Å². The molecule has 6 nitrogen and oxygen atoms in total. The average molecular weight is 421 g/mol. The number of halogens is 3. The third-order valence-electron chi connectivity index (χ3n) is 4.45. The molecule has 0 aliphatic carbocycles. The molecule has 0 saturated carbocycles. The molecule has 0 spiro atoms. The third-order valence-corrected chi connectivity index (χ3v) is 4.45. The van der Waals surface area contributed by atoms with Crippen molar-refractivity contribution in [2.75, 3.05) is 10.6 Å². The smallest absolute Gasteiger partial charge is 0.341 e. The molecule has 1 amide bonds. The van der Waals surface area contributed by atoms with Gasteiger partial charge in [0.1, 0.15) is 11.5 Å². The summed E-state index contributed by atoms with van der Waals surface area (Å²) < 4.78 is 40.2. The van der Waals surface area contributed by atoms with Gasteiger partial charge >= 0.3 is 6.18 Å². The number of pyridine rings is 1. The maximum Gasteiger partial charge on any atom is 0.434 e. The maximum absolute atomic E-state index is 13.0. The summed E-state index contributed by atoms with van der Waals surface area (Å²) in [6.45, 7) is 0. The van der Waals surface area contributed by atoms with Crippen LogP contribution in [-0.2, 0) is 6.18 Å². The van der Waals surface area contributed by atoms with Gasteiger partial charge in [-0.15, -0.1) is 0 Å². The van der Waals surface area contributed by atoms with E-state index in [0.29, 0.717) is 28.3 Å². The number of nitriles is 1. The average Bonchev–Trinajstić information content (AvgIpc) is 3.21. The second-order valence-corrected chi connectivity index (χ2v) is 6.61. The van der Waals surface area contributed by atoms with Crippen molar-refractivity contribution in [3.63, 3.8) is 0 Å². The first kappa shape index (κ1) is 20.0. The van der Waals surface area contributed by atoms with Gasteiger partial charge in [-0.1, -0.05) is 12.1 Å². The van der Waals surface area contributed by atoms with Crippen molar-refractivity contribution in [1.29, 1.82) is 5.26 Å². The molecule has 31 heavy (non-hydrogen) atoms. The first-order valence-corrected chi connectivity index (χ1v) is 9.07. The van der Waals surface area contributed by atoms with Crippen LogP contribution in [0.1, 0.15) is 21.6 Å². The Kier molecular flexibility index (Phi) is 5.05. The van der Waals surface area contributed by atoms with Crippen LogP contribution in [0, 0.1) is 11.3 Å². The maximum atomic E-state index is 13.0. The third kappa shape index (κ3) is 4.33. The second-order valence-electron chi connectivity index (χ2n) is 6.61. The molecule has 0 aliphatic rings. The number of benzene rings is 2. The predicted octanol–water partition coefficient (Wildman–Crippen LogP) is 5.22. The van der Waals surface area contributed by atoms with Crippen LogP contribution < -0.4 is 10.6 Å². The zero-order valence-corrected chi connectivity index (χ0v) is 15.8. The largest absolute Gasteiger partial charge is 0.434 e. The normalized spacial score (nSPS) is 11.2. The molecule has 4 rings (SSSR count). The first-order chi connectivity index (χ1) is 14.8. The van der Waals surface area contributed by atoms with Gasteiger partial charge in [0, 0.05) is 23.1 Å². The molecule has 0 saturated heterocycles. The molecular weight excluding hydrogens is 407 g/mol. The molecule has 9 heteroatoms. The molecule has 0 aliphatic heterocycles. The van der Waals surface area contributed by atoms with E-state index >= 15 is 0 Å². The van der Waals surface area contributed by atoms with Gasteiger partial charge in [0.15, 0.2) is 5.69 Å². The summed E-state index contributed by atoms with van der Waals surface area (Å²) in [5.41, 5.74) is 1.07. The van der Waals surface area contributed by atoms with Crippen LogP contribution in [0.2, 0.25) is 0 Å². The Balaban J connectivity index is 1.51. The molecule has 2 aromatic heterocycles. The van der Waals surface area contributed by atoms with Crippen molar-refractivity contribution in [1.82, 2.24) is 9.38 Å². The van der Waals surface area contributed by atoms with Crippen LogP contribution >= 0.6 is 0 Å². The lowest BCUT2D eigenvalue weighted by Crippen LogP contribution is -2.11. The number of alkyl halides is 3. The number of nitrogens with one attached hydrogen (secondary N) is 2. The van der Waals surface area contributed by atoms with Gasteiger partial charge in [-0.25, -0.2) is 4.98 Å². The number of carbonyl (C=O) groups excluding carboxylic acids is 1. The number of hydrogen-bond acceptors (Lipinski definition) is 4. The second kappa shape index (κ2) is 7.84. The number of carbonyl (C=O) groups is 1. The van der Waals surface area contributed by atoms with Crippen LogP contribution in [0.3, 0.4) is 0 Å². The van der Waals surface area contributed by atoms with E-state index in [-0.39, 0.29) is 11.6 Å². The summed E-state index contributed by atoms with van der Waals surface area (Å²) in [4.78, 5) is 16.0. The van der Waals surface area contributed by atoms with Crippen molar-refractivity contribution >= 4 is 28.7 Å². The zero-order valence-electron chi connectivity index (χ0n) is 15.8. The molecule has 2 N–H and O–H groups in total. The van der Waals surface area contributed by atoms with Crippen molar-refractivity contribution in [3.8, 4) is 6.07 Å².